The highest BCUT2D eigenvalue weighted by molar-refractivity contribution is 7.91. The number of aromatic hydroxyl groups is 1. The number of ketones is 2. The van der Waals surface area contributed by atoms with E-state index >= 15 is 0 Å². The minimum absolute atomic E-state index is 0.0132. The largest absolute Gasteiger partial charge is 0.507 e. The van der Waals surface area contributed by atoms with Crippen molar-refractivity contribution in [3.63, 3.8) is 0 Å². The number of sulfone groups is 1. The number of hydrogen-bond acceptors (Lipinski definition) is 8. The van der Waals surface area contributed by atoms with Crippen LogP contribution in [0.25, 0.3) is 0 Å². The van der Waals surface area contributed by atoms with Crippen molar-refractivity contribution < 1.29 is 23.1 Å². The molecule has 0 radical (unpaired) electrons. The van der Waals surface area contributed by atoms with Crippen LogP contribution in [0.3, 0.4) is 0 Å². The minimum Gasteiger partial charge on any atom is -0.507 e. The molecule has 0 heterocycles. The van der Waals surface area contributed by atoms with Gasteiger partial charge in [-0.05, 0) is 30.3 Å². The zero-order valence-electron chi connectivity index (χ0n) is 14.8. The van der Waals surface area contributed by atoms with E-state index < -0.39 is 37.7 Å². The average molecular weight is 409 g/mol. The number of phenolic OH excluding ortho intramolecular Hbond substituents is 1. The van der Waals surface area contributed by atoms with Crippen LogP contribution < -0.4 is 17.2 Å². The summed E-state index contributed by atoms with van der Waals surface area (Å²) in [5.41, 5.74) is 16.1. The van der Waals surface area contributed by atoms with Crippen LogP contribution in [0.1, 0.15) is 31.8 Å². The Kier molecular flexibility index (Phi) is 3.88. The Bertz CT molecular complexity index is 1330. The first-order valence-electron chi connectivity index (χ1n) is 8.39. The number of phenols is 1. The molecule has 0 spiro atoms. The number of rotatable bonds is 2. The quantitative estimate of drug-likeness (QED) is 0.287. The number of carbonyl (C=O) groups is 2. The molecule has 9 heteroatoms. The molecule has 0 aromatic heterocycles. The summed E-state index contributed by atoms with van der Waals surface area (Å²) in [7, 11) is -4.12. The van der Waals surface area contributed by atoms with E-state index in [4.69, 9.17) is 17.2 Å². The third-order valence-corrected chi connectivity index (χ3v) is 6.64. The summed E-state index contributed by atoms with van der Waals surface area (Å²) in [4.78, 5) is 25.7. The monoisotopic (exact) mass is 409 g/mol. The average Bonchev–Trinajstić information content (AvgIpc) is 2.69. The summed E-state index contributed by atoms with van der Waals surface area (Å²) in [5.74, 6) is -2.00. The lowest BCUT2D eigenvalue weighted by Gasteiger charge is -2.23. The van der Waals surface area contributed by atoms with E-state index in [2.05, 4.69) is 0 Å². The van der Waals surface area contributed by atoms with Gasteiger partial charge in [0.15, 0.2) is 5.78 Å². The first-order valence-corrected chi connectivity index (χ1v) is 9.87. The number of hydrogen-bond donors (Lipinski definition) is 4. The van der Waals surface area contributed by atoms with Gasteiger partial charge in [-0.15, -0.1) is 0 Å². The van der Waals surface area contributed by atoms with Gasteiger partial charge in [-0.3, -0.25) is 9.59 Å². The van der Waals surface area contributed by atoms with E-state index in [1.54, 1.807) is 6.07 Å². The van der Waals surface area contributed by atoms with Gasteiger partial charge in [-0.25, -0.2) is 8.42 Å². The maximum Gasteiger partial charge on any atom is 0.208 e. The van der Waals surface area contributed by atoms with Crippen molar-refractivity contribution in [1.29, 1.82) is 0 Å². The van der Waals surface area contributed by atoms with Crippen LogP contribution in [0.2, 0.25) is 0 Å². The fourth-order valence-electron chi connectivity index (χ4n) is 3.46. The SMILES string of the molecule is Nc1ccc(O)c2c1C(=O)c1c(N)cc(S(=O)(=O)c3ccccc3)c(N)c1C2=O. The van der Waals surface area contributed by atoms with E-state index in [0.717, 1.165) is 6.07 Å². The lowest BCUT2D eigenvalue weighted by molar-refractivity contribution is 0.0978. The predicted molar refractivity (Wildman–Crippen MR) is 107 cm³/mol. The predicted octanol–water partition coefficient (Wildman–Crippen LogP) is 1.75. The second-order valence-electron chi connectivity index (χ2n) is 6.53. The van der Waals surface area contributed by atoms with E-state index in [-0.39, 0.29) is 38.5 Å². The van der Waals surface area contributed by atoms with Gasteiger partial charge >= 0.3 is 0 Å². The Hall–Kier alpha value is -3.85. The Morgan fingerprint density at radius 1 is 0.724 bits per heavy atom. The van der Waals surface area contributed by atoms with Crippen molar-refractivity contribution in [3.8, 4) is 5.75 Å². The van der Waals surface area contributed by atoms with E-state index in [1.165, 1.54) is 36.4 Å². The van der Waals surface area contributed by atoms with E-state index in [0.29, 0.717) is 0 Å². The molecular formula is C20H15N3O5S. The maximum absolute atomic E-state index is 13.1. The van der Waals surface area contributed by atoms with Crippen LogP contribution in [0.15, 0.2) is 58.3 Å². The summed E-state index contributed by atoms with van der Waals surface area (Å²) < 4.78 is 26.1. The molecule has 0 aliphatic heterocycles. The molecular weight excluding hydrogens is 394 g/mol. The molecule has 7 N–H and O–H groups in total. The molecule has 0 amide bonds. The normalized spacial score (nSPS) is 13.1. The van der Waals surface area contributed by atoms with E-state index in [1.807, 2.05) is 0 Å². The summed E-state index contributed by atoms with van der Waals surface area (Å²) in [6.45, 7) is 0. The van der Waals surface area contributed by atoms with Crippen LogP contribution in [-0.2, 0) is 9.84 Å². The fourth-order valence-corrected chi connectivity index (χ4v) is 4.90. The smallest absolute Gasteiger partial charge is 0.208 e. The van der Waals surface area contributed by atoms with Crippen molar-refractivity contribution >= 4 is 38.5 Å². The number of carbonyl (C=O) groups excluding carboxylic acids is 2. The van der Waals surface area contributed by atoms with Gasteiger partial charge < -0.3 is 22.3 Å². The molecule has 1 aliphatic rings. The first-order chi connectivity index (χ1) is 13.7. The van der Waals surface area contributed by atoms with Gasteiger partial charge in [0.05, 0.1) is 37.7 Å². The second kappa shape index (κ2) is 6.08. The second-order valence-corrected chi connectivity index (χ2v) is 8.44. The number of benzene rings is 3. The molecule has 3 aromatic carbocycles. The van der Waals surface area contributed by atoms with Crippen molar-refractivity contribution in [3.05, 3.63) is 70.8 Å². The van der Waals surface area contributed by atoms with Crippen molar-refractivity contribution in [2.75, 3.05) is 17.2 Å². The Morgan fingerprint density at radius 3 is 1.97 bits per heavy atom. The molecule has 0 saturated heterocycles. The van der Waals surface area contributed by atoms with Gasteiger partial charge in [0.2, 0.25) is 15.6 Å². The molecule has 4 rings (SSSR count). The number of fused-ring (bicyclic) bond motifs is 2. The van der Waals surface area contributed by atoms with Gasteiger partial charge in [-0.1, -0.05) is 18.2 Å². The summed E-state index contributed by atoms with van der Waals surface area (Å²) in [5, 5.41) is 10.1. The highest BCUT2D eigenvalue weighted by Gasteiger charge is 2.39. The minimum atomic E-state index is -4.12. The van der Waals surface area contributed by atoms with Crippen LogP contribution in [0, 0.1) is 0 Å². The molecule has 0 unspecified atom stereocenters. The molecule has 8 nitrogen and oxygen atoms in total. The van der Waals surface area contributed by atoms with Crippen molar-refractivity contribution in [2.24, 2.45) is 0 Å². The third kappa shape index (κ3) is 2.48. The highest BCUT2D eigenvalue weighted by atomic mass is 32.2. The summed E-state index contributed by atoms with van der Waals surface area (Å²) >= 11 is 0. The zero-order valence-corrected chi connectivity index (χ0v) is 15.7. The van der Waals surface area contributed by atoms with Crippen LogP contribution >= 0.6 is 0 Å². The number of nitrogens with two attached hydrogens (primary N) is 3. The molecule has 0 bridgehead atoms. The Morgan fingerprint density at radius 2 is 1.31 bits per heavy atom. The first kappa shape index (κ1) is 18.5. The van der Waals surface area contributed by atoms with Crippen LogP contribution in [-0.4, -0.2) is 25.1 Å². The zero-order chi connectivity index (χ0) is 21.1. The molecule has 146 valence electrons. The van der Waals surface area contributed by atoms with Gasteiger partial charge in [0, 0.05) is 11.4 Å². The topological polar surface area (TPSA) is 167 Å². The summed E-state index contributed by atoms with van der Waals surface area (Å²) in [6.07, 6.45) is 0. The van der Waals surface area contributed by atoms with Gasteiger partial charge in [0.1, 0.15) is 5.75 Å². The van der Waals surface area contributed by atoms with Crippen molar-refractivity contribution in [2.45, 2.75) is 9.79 Å². The van der Waals surface area contributed by atoms with Gasteiger partial charge in [-0.2, -0.15) is 0 Å². The van der Waals surface area contributed by atoms with Crippen LogP contribution in [0.4, 0.5) is 17.1 Å². The number of nitrogen functional groups attached to an aromatic ring is 3. The lowest BCUT2D eigenvalue weighted by Crippen LogP contribution is -2.26. The highest BCUT2D eigenvalue weighted by Crippen LogP contribution is 2.42. The molecule has 3 aromatic rings. The molecule has 0 atom stereocenters. The van der Waals surface area contributed by atoms with Crippen molar-refractivity contribution in [1.82, 2.24) is 0 Å². The standard InChI is InChI=1S/C20H15N3O5S/c21-10-6-7-12(24)16-14(10)19(25)15-11(22)8-13(18(23)17(15)20(16)26)29(27,28)9-4-2-1-3-5-9/h1-8,24H,21-23H2. The maximum atomic E-state index is 13.1. The van der Waals surface area contributed by atoms with Crippen LogP contribution in [0.5, 0.6) is 5.75 Å². The van der Waals surface area contributed by atoms with Gasteiger partial charge in [0.25, 0.3) is 0 Å². The Labute approximate surface area is 165 Å². The molecule has 0 saturated carbocycles. The summed E-state index contributed by atoms with van der Waals surface area (Å²) in [6, 6.07) is 11.0. The van der Waals surface area contributed by atoms with E-state index in [9.17, 15) is 23.1 Å². The molecule has 0 fully saturated rings. The molecule has 29 heavy (non-hydrogen) atoms. The number of anilines is 3. The Balaban J connectivity index is 2.05. The third-order valence-electron chi connectivity index (χ3n) is 4.83. The fraction of sp³-hybridized carbons (Fsp3) is 0. The molecule has 1 aliphatic carbocycles. The lowest BCUT2D eigenvalue weighted by atomic mass is 9.81.